The molecule has 0 radical (unpaired) electrons. The Hall–Kier alpha value is -4.57. The maximum atomic E-state index is 13.6. The molecule has 2 amide bonds. The summed E-state index contributed by atoms with van der Waals surface area (Å²) >= 11 is 6.01. The molecule has 3 aromatic carbocycles. The largest absolute Gasteiger partial charge is 0.497 e. The van der Waals surface area contributed by atoms with E-state index in [0.29, 0.717) is 33.1 Å². The number of halogens is 1. The normalized spacial score (nSPS) is 11.6. The molecule has 11 heteroatoms. The van der Waals surface area contributed by atoms with Crippen LogP contribution in [0.25, 0.3) is 10.9 Å². The van der Waals surface area contributed by atoms with Crippen molar-refractivity contribution in [3.05, 3.63) is 92.8 Å². The Balaban J connectivity index is 1.67. The summed E-state index contributed by atoms with van der Waals surface area (Å²) in [6, 6.07) is 16.5. The Morgan fingerprint density at radius 1 is 1.10 bits per heavy atom. The van der Waals surface area contributed by atoms with Gasteiger partial charge in [-0.3, -0.25) is 4.79 Å². The third-order valence-electron chi connectivity index (χ3n) is 6.34. The fourth-order valence-electron chi connectivity index (χ4n) is 4.16. The van der Waals surface area contributed by atoms with Crippen LogP contribution in [0.1, 0.15) is 16.7 Å². The number of carbonyl (C=O) groups is 2. The van der Waals surface area contributed by atoms with Crippen molar-refractivity contribution in [3.8, 4) is 5.75 Å². The van der Waals surface area contributed by atoms with Gasteiger partial charge in [0.1, 0.15) is 11.8 Å². The van der Waals surface area contributed by atoms with Crippen LogP contribution in [-0.2, 0) is 17.8 Å². The van der Waals surface area contributed by atoms with Gasteiger partial charge < -0.3 is 29.8 Å². The third-order valence-corrected chi connectivity index (χ3v) is 6.59. The minimum absolute atomic E-state index is 0.0337. The molecule has 1 atom stereocenters. The molecule has 10 nitrogen and oxygen atoms in total. The standard InChI is InChI=1S/C28H27ClN4O6/c1-16-18(15-30-28(36)37)6-13-22-24(16)26(35)39-27(31-22)32-23(14-17-4-11-21(38-3)12-5-17)25(34)33(2)20-9-7-19(29)8-10-20/h4-13,23,30H,14-15H2,1-3H3,(H,31,32)(H,36,37)/t23-/m0/s1. The molecule has 202 valence electrons. The number of carbonyl (C=O) groups excluding carboxylic acids is 1. The summed E-state index contributed by atoms with van der Waals surface area (Å²) in [6.45, 7) is 1.73. The average Bonchev–Trinajstić information content (AvgIpc) is 2.92. The van der Waals surface area contributed by atoms with E-state index in [1.165, 1.54) is 4.90 Å². The van der Waals surface area contributed by atoms with Crippen LogP contribution in [0.2, 0.25) is 5.02 Å². The number of ether oxygens (including phenoxy) is 1. The van der Waals surface area contributed by atoms with E-state index in [-0.39, 0.29) is 30.3 Å². The van der Waals surface area contributed by atoms with E-state index < -0.39 is 17.8 Å². The molecule has 0 fully saturated rings. The van der Waals surface area contributed by atoms with Gasteiger partial charge in [-0.25, -0.2) is 9.59 Å². The zero-order valence-corrected chi connectivity index (χ0v) is 22.3. The molecule has 1 heterocycles. The number of hydrogen-bond donors (Lipinski definition) is 3. The Morgan fingerprint density at radius 2 is 1.79 bits per heavy atom. The Bertz CT molecular complexity index is 1550. The number of carboxylic acid groups (broad SMARTS) is 1. The zero-order chi connectivity index (χ0) is 28.1. The first-order chi connectivity index (χ1) is 18.7. The summed E-state index contributed by atoms with van der Waals surface area (Å²) in [5, 5.41) is 15.0. The van der Waals surface area contributed by atoms with Crippen LogP contribution in [0.5, 0.6) is 5.75 Å². The van der Waals surface area contributed by atoms with Crippen LogP contribution in [-0.4, -0.2) is 42.3 Å². The number of likely N-dealkylation sites (N-methyl/N-ethyl adjacent to an activating group) is 1. The molecule has 0 saturated carbocycles. The number of amides is 2. The van der Waals surface area contributed by atoms with Gasteiger partial charge in [-0.05, 0) is 66.1 Å². The van der Waals surface area contributed by atoms with Crippen LogP contribution in [0.4, 0.5) is 16.5 Å². The van der Waals surface area contributed by atoms with E-state index in [9.17, 15) is 14.4 Å². The molecule has 1 aromatic heterocycles. The van der Waals surface area contributed by atoms with E-state index in [0.717, 1.165) is 5.56 Å². The van der Waals surface area contributed by atoms with Crippen LogP contribution >= 0.6 is 11.6 Å². The van der Waals surface area contributed by atoms with Gasteiger partial charge in [-0.1, -0.05) is 29.8 Å². The Labute approximate surface area is 229 Å². The third kappa shape index (κ3) is 6.47. The molecule has 4 aromatic rings. The van der Waals surface area contributed by atoms with Gasteiger partial charge in [0.25, 0.3) is 6.01 Å². The lowest BCUT2D eigenvalue weighted by Crippen LogP contribution is -2.42. The fourth-order valence-corrected chi connectivity index (χ4v) is 4.28. The second-order valence-electron chi connectivity index (χ2n) is 8.83. The second kappa shape index (κ2) is 11.9. The van der Waals surface area contributed by atoms with E-state index >= 15 is 0 Å². The summed E-state index contributed by atoms with van der Waals surface area (Å²) in [6.07, 6.45) is -0.904. The van der Waals surface area contributed by atoms with Crippen molar-refractivity contribution >= 4 is 46.2 Å². The SMILES string of the molecule is COc1ccc(C[C@H](Nc2nc3ccc(CNC(=O)O)c(C)c3c(=O)o2)C(=O)N(C)c2ccc(Cl)cc2)cc1. The summed E-state index contributed by atoms with van der Waals surface area (Å²) in [5.74, 6) is 0.396. The summed E-state index contributed by atoms with van der Waals surface area (Å²) in [4.78, 5) is 43.4. The van der Waals surface area contributed by atoms with Crippen molar-refractivity contribution in [2.24, 2.45) is 0 Å². The van der Waals surface area contributed by atoms with Crippen molar-refractivity contribution < 1.29 is 23.8 Å². The van der Waals surface area contributed by atoms with Gasteiger partial charge in [-0.2, -0.15) is 4.98 Å². The molecule has 0 bridgehead atoms. The van der Waals surface area contributed by atoms with Crippen molar-refractivity contribution in [2.45, 2.75) is 25.9 Å². The summed E-state index contributed by atoms with van der Waals surface area (Å²) in [7, 11) is 3.22. The minimum atomic E-state index is -1.17. The number of aryl methyl sites for hydroxylation is 1. The number of nitrogens with one attached hydrogen (secondary N) is 2. The number of rotatable bonds is 9. The van der Waals surface area contributed by atoms with E-state index in [1.807, 2.05) is 12.1 Å². The highest BCUT2D eigenvalue weighted by molar-refractivity contribution is 6.30. The lowest BCUT2D eigenvalue weighted by Gasteiger charge is -2.25. The molecule has 4 rings (SSSR count). The predicted molar refractivity (Wildman–Crippen MR) is 149 cm³/mol. The highest BCUT2D eigenvalue weighted by Gasteiger charge is 2.26. The Kier molecular flexibility index (Phi) is 8.36. The van der Waals surface area contributed by atoms with Crippen molar-refractivity contribution in [3.63, 3.8) is 0 Å². The number of methoxy groups -OCH3 is 1. The fraction of sp³-hybridized carbons (Fsp3) is 0.214. The number of nitrogens with zero attached hydrogens (tertiary/aromatic N) is 2. The Morgan fingerprint density at radius 3 is 2.44 bits per heavy atom. The minimum Gasteiger partial charge on any atom is -0.497 e. The first-order valence-electron chi connectivity index (χ1n) is 12.0. The lowest BCUT2D eigenvalue weighted by molar-refractivity contribution is -0.119. The van der Waals surface area contributed by atoms with E-state index in [4.69, 9.17) is 25.9 Å². The molecule has 39 heavy (non-hydrogen) atoms. The van der Waals surface area contributed by atoms with Gasteiger partial charge in [0, 0.05) is 30.7 Å². The number of benzene rings is 3. The number of hydrogen-bond acceptors (Lipinski definition) is 7. The van der Waals surface area contributed by atoms with Crippen molar-refractivity contribution in [1.29, 1.82) is 0 Å². The number of aromatic nitrogens is 1. The quantitative estimate of drug-likeness (QED) is 0.275. The smallest absolute Gasteiger partial charge is 0.404 e. The maximum absolute atomic E-state index is 13.6. The zero-order valence-electron chi connectivity index (χ0n) is 21.5. The van der Waals surface area contributed by atoms with Gasteiger partial charge in [-0.15, -0.1) is 0 Å². The average molecular weight is 551 g/mol. The molecule has 0 aliphatic carbocycles. The topological polar surface area (TPSA) is 134 Å². The molecule has 0 spiro atoms. The maximum Gasteiger partial charge on any atom is 0.404 e. The molecular weight excluding hydrogens is 524 g/mol. The molecule has 0 unspecified atom stereocenters. The van der Waals surface area contributed by atoms with Gasteiger partial charge in [0.2, 0.25) is 5.91 Å². The van der Waals surface area contributed by atoms with Gasteiger partial charge in [0.15, 0.2) is 0 Å². The van der Waals surface area contributed by atoms with Crippen LogP contribution in [0.3, 0.4) is 0 Å². The summed E-state index contributed by atoms with van der Waals surface area (Å²) in [5.41, 5.74) is 2.36. The second-order valence-corrected chi connectivity index (χ2v) is 9.27. The molecule has 0 saturated heterocycles. The van der Waals surface area contributed by atoms with Crippen LogP contribution < -0.4 is 25.9 Å². The first kappa shape index (κ1) is 27.5. The predicted octanol–water partition coefficient (Wildman–Crippen LogP) is 4.61. The van der Waals surface area contributed by atoms with Crippen LogP contribution in [0.15, 0.2) is 69.9 Å². The van der Waals surface area contributed by atoms with E-state index in [1.54, 1.807) is 69.6 Å². The van der Waals surface area contributed by atoms with Gasteiger partial charge >= 0.3 is 11.7 Å². The molecular formula is C28H27ClN4O6. The van der Waals surface area contributed by atoms with Crippen molar-refractivity contribution in [1.82, 2.24) is 10.3 Å². The molecule has 0 aliphatic rings. The monoisotopic (exact) mass is 550 g/mol. The number of fused-ring (bicyclic) bond motifs is 1. The van der Waals surface area contributed by atoms with Crippen LogP contribution in [0, 0.1) is 6.92 Å². The first-order valence-corrected chi connectivity index (χ1v) is 12.4. The highest BCUT2D eigenvalue weighted by Crippen LogP contribution is 2.22. The molecule has 3 N–H and O–H groups in total. The van der Waals surface area contributed by atoms with Crippen molar-refractivity contribution in [2.75, 3.05) is 24.4 Å². The van der Waals surface area contributed by atoms with E-state index in [2.05, 4.69) is 15.6 Å². The highest BCUT2D eigenvalue weighted by atomic mass is 35.5. The molecule has 0 aliphatic heterocycles. The van der Waals surface area contributed by atoms with Gasteiger partial charge in [0.05, 0.1) is 18.0 Å². The summed E-state index contributed by atoms with van der Waals surface area (Å²) < 4.78 is 10.7. The lowest BCUT2D eigenvalue weighted by atomic mass is 10.0. The number of anilines is 2.